The maximum Gasteiger partial charge on any atom is 0.233 e. The van der Waals surface area contributed by atoms with Crippen molar-refractivity contribution in [2.75, 3.05) is 13.3 Å². The predicted octanol–water partition coefficient (Wildman–Crippen LogP) is 2.00. The van der Waals surface area contributed by atoms with Crippen LogP contribution in [-0.4, -0.2) is 39.5 Å². The van der Waals surface area contributed by atoms with Gasteiger partial charge in [-0.3, -0.25) is 9.59 Å². The molecule has 0 radical (unpaired) electrons. The molecule has 2 heterocycles. The molecule has 0 fully saturated rings. The first-order chi connectivity index (χ1) is 11.2. The SMILES string of the molecule is CCN(CO)C(=O)C1CCn2c(C(=O)c3ccccc3)ccc21. The smallest absolute Gasteiger partial charge is 0.233 e. The Bertz CT molecular complexity index is 717. The van der Waals surface area contributed by atoms with Crippen LogP contribution in [0, 0.1) is 0 Å². The van der Waals surface area contributed by atoms with Crippen molar-refractivity contribution in [3.05, 3.63) is 59.4 Å². The largest absolute Gasteiger partial charge is 0.376 e. The first-order valence-electron chi connectivity index (χ1n) is 7.86. The van der Waals surface area contributed by atoms with Crippen molar-refractivity contribution in [2.45, 2.75) is 25.8 Å². The highest BCUT2D eigenvalue weighted by Crippen LogP contribution is 2.32. The molecule has 1 aliphatic heterocycles. The summed E-state index contributed by atoms with van der Waals surface area (Å²) in [7, 11) is 0. The van der Waals surface area contributed by atoms with Crippen LogP contribution in [0.5, 0.6) is 0 Å². The summed E-state index contributed by atoms with van der Waals surface area (Å²) in [6.07, 6.45) is 0.667. The first kappa shape index (κ1) is 15.5. The fraction of sp³-hybridized carbons (Fsp3) is 0.333. The van der Waals surface area contributed by atoms with Crippen LogP contribution in [0.2, 0.25) is 0 Å². The highest BCUT2D eigenvalue weighted by molar-refractivity contribution is 6.08. The van der Waals surface area contributed by atoms with E-state index in [-0.39, 0.29) is 24.3 Å². The third-order valence-electron chi connectivity index (χ3n) is 4.44. The minimum Gasteiger partial charge on any atom is -0.376 e. The van der Waals surface area contributed by atoms with E-state index in [9.17, 15) is 14.7 Å². The number of carbonyl (C=O) groups is 2. The summed E-state index contributed by atoms with van der Waals surface area (Å²) in [6, 6.07) is 12.8. The van der Waals surface area contributed by atoms with Gasteiger partial charge in [0, 0.05) is 24.3 Å². The summed E-state index contributed by atoms with van der Waals surface area (Å²) in [5.41, 5.74) is 2.13. The van der Waals surface area contributed by atoms with Crippen LogP contribution in [0.1, 0.15) is 41.0 Å². The average molecular weight is 312 g/mol. The summed E-state index contributed by atoms with van der Waals surface area (Å²) in [4.78, 5) is 26.5. The monoisotopic (exact) mass is 312 g/mol. The Morgan fingerprint density at radius 3 is 2.61 bits per heavy atom. The number of hydrogen-bond acceptors (Lipinski definition) is 3. The Morgan fingerprint density at radius 2 is 1.96 bits per heavy atom. The van der Waals surface area contributed by atoms with Gasteiger partial charge in [-0.25, -0.2) is 0 Å². The summed E-state index contributed by atoms with van der Waals surface area (Å²) in [5.74, 6) is -0.385. The van der Waals surface area contributed by atoms with Gasteiger partial charge in [-0.1, -0.05) is 30.3 Å². The van der Waals surface area contributed by atoms with Crippen LogP contribution in [-0.2, 0) is 11.3 Å². The molecule has 0 aliphatic carbocycles. The van der Waals surface area contributed by atoms with Crippen LogP contribution in [0.25, 0.3) is 0 Å². The second-order valence-corrected chi connectivity index (χ2v) is 5.67. The van der Waals surface area contributed by atoms with E-state index in [0.29, 0.717) is 30.8 Å². The molecule has 120 valence electrons. The van der Waals surface area contributed by atoms with Gasteiger partial charge in [-0.05, 0) is 25.5 Å². The maximum atomic E-state index is 12.6. The molecule has 1 N–H and O–H groups in total. The topological polar surface area (TPSA) is 62.5 Å². The number of likely N-dealkylation sites (N-methyl/N-ethyl adjacent to an activating group) is 1. The second kappa shape index (κ2) is 6.38. The molecular weight excluding hydrogens is 292 g/mol. The van der Waals surface area contributed by atoms with Gasteiger partial charge >= 0.3 is 0 Å². The van der Waals surface area contributed by atoms with E-state index in [1.807, 2.05) is 35.8 Å². The number of aliphatic hydroxyl groups excluding tert-OH is 1. The van der Waals surface area contributed by atoms with Crippen LogP contribution < -0.4 is 0 Å². The van der Waals surface area contributed by atoms with Crippen molar-refractivity contribution < 1.29 is 14.7 Å². The van der Waals surface area contributed by atoms with E-state index in [1.165, 1.54) is 4.90 Å². The van der Waals surface area contributed by atoms with Gasteiger partial charge in [-0.2, -0.15) is 0 Å². The third-order valence-corrected chi connectivity index (χ3v) is 4.44. The van der Waals surface area contributed by atoms with Gasteiger partial charge in [0.05, 0.1) is 11.6 Å². The number of aliphatic hydroxyl groups is 1. The lowest BCUT2D eigenvalue weighted by Crippen LogP contribution is -2.35. The number of amides is 1. The van der Waals surface area contributed by atoms with E-state index >= 15 is 0 Å². The van der Waals surface area contributed by atoms with Crippen LogP contribution in [0.3, 0.4) is 0 Å². The highest BCUT2D eigenvalue weighted by Gasteiger charge is 2.33. The predicted molar refractivity (Wildman–Crippen MR) is 86.1 cm³/mol. The second-order valence-electron chi connectivity index (χ2n) is 5.67. The van der Waals surface area contributed by atoms with Crippen molar-refractivity contribution >= 4 is 11.7 Å². The molecule has 0 spiro atoms. The molecule has 0 bridgehead atoms. The summed E-state index contributed by atoms with van der Waals surface area (Å²) >= 11 is 0. The molecule has 5 heteroatoms. The highest BCUT2D eigenvalue weighted by atomic mass is 16.3. The van der Waals surface area contributed by atoms with E-state index in [0.717, 1.165) is 5.69 Å². The fourth-order valence-electron chi connectivity index (χ4n) is 3.17. The lowest BCUT2D eigenvalue weighted by molar-refractivity contribution is -0.136. The number of rotatable bonds is 5. The lowest BCUT2D eigenvalue weighted by atomic mass is 10.0. The zero-order valence-corrected chi connectivity index (χ0v) is 13.1. The number of carbonyl (C=O) groups excluding carboxylic acids is 2. The van der Waals surface area contributed by atoms with Crippen molar-refractivity contribution in [3.8, 4) is 0 Å². The van der Waals surface area contributed by atoms with Crippen LogP contribution in [0.4, 0.5) is 0 Å². The molecule has 1 atom stereocenters. The molecule has 23 heavy (non-hydrogen) atoms. The Morgan fingerprint density at radius 1 is 1.22 bits per heavy atom. The minimum atomic E-state index is -0.278. The van der Waals surface area contributed by atoms with E-state index in [4.69, 9.17) is 0 Å². The molecule has 1 aromatic carbocycles. The fourth-order valence-corrected chi connectivity index (χ4v) is 3.17. The number of nitrogens with zero attached hydrogens (tertiary/aromatic N) is 2. The molecule has 1 aromatic heterocycles. The molecule has 1 unspecified atom stereocenters. The molecule has 5 nitrogen and oxygen atoms in total. The Balaban J connectivity index is 1.89. The zero-order valence-electron chi connectivity index (χ0n) is 13.1. The molecule has 1 amide bonds. The number of aromatic nitrogens is 1. The number of hydrogen-bond donors (Lipinski definition) is 1. The van der Waals surface area contributed by atoms with Crippen molar-refractivity contribution in [1.29, 1.82) is 0 Å². The molecule has 0 saturated carbocycles. The van der Waals surface area contributed by atoms with Gasteiger partial charge in [-0.15, -0.1) is 0 Å². The van der Waals surface area contributed by atoms with E-state index < -0.39 is 0 Å². The van der Waals surface area contributed by atoms with E-state index in [2.05, 4.69) is 0 Å². The molecule has 0 saturated heterocycles. The lowest BCUT2D eigenvalue weighted by Gasteiger charge is -2.21. The molecule has 1 aliphatic rings. The van der Waals surface area contributed by atoms with Crippen molar-refractivity contribution in [2.24, 2.45) is 0 Å². The number of benzene rings is 1. The van der Waals surface area contributed by atoms with Gasteiger partial charge < -0.3 is 14.6 Å². The van der Waals surface area contributed by atoms with Gasteiger partial charge in [0.1, 0.15) is 6.73 Å². The van der Waals surface area contributed by atoms with Gasteiger partial charge in [0.25, 0.3) is 0 Å². The summed E-state index contributed by atoms with van der Waals surface area (Å²) in [5, 5.41) is 9.29. The molecule has 2 aromatic rings. The quantitative estimate of drug-likeness (QED) is 0.678. The van der Waals surface area contributed by atoms with E-state index in [1.54, 1.807) is 18.2 Å². The molecule has 3 rings (SSSR count). The first-order valence-corrected chi connectivity index (χ1v) is 7.86. The Labute approximate surface area is 135 Å². The standard InChI is InChI=1S/C18H20N2O3/c1-2-19(12-21)18(23)14-10-11-20-15(14)8-9-16(20)17(22)13-6-4-3-5-7-13/h3-9,14,21H,2,10-12H2,1H3. The van der Waals surface area contributed by atoms with Crippen molar-refractivity contribution in [1.82, 2.24) is 9.47 Å². The maximum absolute atomic E-state index is 12.6. The Hall–Kier alpha value is -2.40. The summed E-state index contributed by atoms with van der Waals surface area (Å²) < 4.78 is 1.93. The average Bonchev–Trinajstić information content (AvgIpc) is 3.17. The number of ketones is 1. The summed E-state index contributed by atoms with van der Waals surface area (Å²) in [6.45, 7) is 2.69. The normalized spacial score (nSPS) is 16.2. The van der Waals surface area contributed by atoms with Crippen LogP contribution >= 0.6 is 0 Å². The van der Waals surface area contributed by atoms with Crippen LogP contribution in [0.15, 0.2) is 42.5 Å². The number of fused-ring (bicyclic) bond motifs is 1. The van der Waals surface area contributed by atoms with Crippen molar-refractivity contribution in [3.63, 3.8) is 0 Å². The zero-order chi connectivity index (χ0) is 16.4. The third kappa shape index (κ3) is 2.68. The minimum absolute atomic E-state index is 0.0283. The Kier molecular flexibility index (Phi) is 4.30. The molecular formula is C18H20N2O3. The van der Waals surface area contributed by atoms with Gasteiger partial charge in [0.2, 0.25) is 11.7 Å². The van der Waals surface area contributed by atoms with Gasteiger partial charge in [0.15, 0.2) is 0 Å².